The Balaban J connectivity index is 2.78. The number of thiazole rings is 1. The Morgan fingerprint density at radius 2 is 2.24 bits per heavy atom. The first-order chi connectivity index (χ1) is 9.76. The Hall–Kier alpha value is -1.96. The number of aldehydes is 1. The van der Waals surface area contributed by atoms with Gasteiger partial charge in [-0.05, 0) is 27.2 Å². The summed E-state index contributed by atoms with van der Waals surface area (Å²) >= 11 is 1.18. The maximum Gasteiger partial charge on any atom is 0.350 e. The largest absolute Gasteiger partial charge is 0.457 e. The first-order valence-electron chi connectivity index (χ1n) is 6.40. The highest BCUT2D eigenvalue weighted by atomic mass is 32.1. The Morgan fingerprint density at radius 1 is 1.57 bits per heavy atom. The highest BCUT2D eigenvalue weighted by Gasteiger charge is 2.25. The number of hydrogen-bond donors (Lipinski definition) is 1. The predicted molar refractivity (Wildman–Crippen MR) is 80.1 cm³/mol. The number of carbonyl (C=O) groups is 2. The number of anilines is 1. The summed E-state index contributed by atoms with van der Waals surface area (Å²) in [6.07, 6.45) is -0.0183. The van der Waals surface area contributed by atoms with Gasteiger partial charge in [0.1, 0.15) is 11.3 Å². The normalized spacial score (nSPS) is 13.6. The van der Waals surface area contributed by atoms with Crippen LogP contribution in [-0.2, 0) is 19.2 Å². The molecule has 2 N–H and O–H groups in total. The van der Waals surface area contributed by atoms with Crippen LogP contribution in [0.3, 0.4) is 0 Å². The molecule has 0 aromatic carbocycles. The monoisotopic (exact) mass is 313 g/mol. The number of nitrogens with zero attached hydrogens (tertiary/aromatic N) is 2. The molecule has 1 rings (SSSR count). The summed E-state index contributed by atoms with van der Waals surface area (Å²) in [6.45, 7) is 7.03. The second-order valence-corrected chi connectivity index (χ2v) is 6.09. The minimum absolute atomic E-state index is 0.0232. The predicted octanol–water partition coefficient (Wildman–Crippen LogP) is 1.77. The molecule has 8 heteroatoms. The van der Waals surface area contributed by atoms with Crippen molar-refractivity contribution in [3.05, 3.63) is 11.1 Å². The summed E-state index contributed by atoms with van der Waals surface area (Å²) in [5, 5.41) is 5.59. The number of nitrogens with two attached hydrogens (primary N) is 1. The van der Waals surface area contributed by atoms with Crippen molar-refractivity contribution in [1.29, 1.82) is 0 Å². The lowest BCUT2D eigenvalue weighted by Gasteiger charge is -2.22. The molecule has 0 saturated heterocycles. The molecule has 0 aliphatic carbocycles. The van der Waals surface area contributed by atoms with Crippen LogP contribution in [0.5, 0.6) is 0 Å². The van der Waals surface area contributed by atoms with E-state index < -0.39 is 17.7 Å². The molecule has 7 nitrogen and oxygen atoms in total. The molecule has 0 fully saturated rings. The molecular formula is C13H19N3O4S. The van der Waals surface area contributed by atoms with Gasteiger partial charge in [0, 0.05) is 5.38 Å². The second-order valence-electron chi connectivity index (χ2n) is 5.20. The fourth-order valence-electron chi connectivity index (χ4n) is 1.31. The number of carbonyl (C=O) groups excluding carboxylic acids is 2. The molecule has 1 heterocycles. The van der Waals surface area contributed by atoms with E-state index in [4.69, 9.17) is 15.3 Å². The standard InChI is InChI=1S/C13H19N3O4S/c1-5-10(11(18)19-13(2,3)4)20-16-8(6-17)9-7-21-12(14)15-9/h6-7,10H,5H2,1-4H3,(H2,14,15)/b16-8+. The average Bonchev–Trinajstić information content (AvgIpc) is 2.79. The van der Waals surface area contributed by atoms with Gasteiger partial charge in [-0.1, -0.05) is 12.1 Å². The van der Waals surface area contributed by atoms with Gasteiger partial charge in [0.05, 0.1) is 0 Å². The van der Waals surface area contributed by atoms with Crippen molar-refractivity contribution >= 4 is 34.4 Å². The van der Waals surface area contributed by atoms with Gasteiger partial charge in [0.2, 0.25) is 6.10 Å². The Labute approximate surface area is 127 Å². The lowest BCUT2D eigenvalue weighted by atomic mass is 10.2. The zero-order valence-corrected chi connectivity index (χ0v) is 13.3. The number of hydrogen-bond acceptors (Lipinski definition) is 8. The number of oxime groups is 1. The molecule has 0 radical (unpaired) electrons. The van der Waals surface area contributed by atoms with Gasteiger partial charge in [0.15, 0.2) is 17.1 Å². The van der Waals surface area contributed by atoms with Crippen LogP contribution in [0.2, 0.25) is 0 Å². The van der Waals surface area contributed by atoms with E-state index in [1.54, 1.807) is 33.1 Å². The van der Waals surface area contributed by atoms with Crippen molar-refractivity contribution in [3.8, 4) is 0 Å². The van der Waals surface area contributed by atoms with Gasteiger partial charge in [0.25, 0.3) is 0 Å². The third-order valence-corrected chi connectivity index (χ3v) is 2.89. The molecule has 21 heavy (non-hydrogen) atoms. The smallest absolute Gasteiger partial charge is 0.350 e. The zero-order chi connectivity index (χ0) is 16.0. The zero-order valence-electron chi connectivity index (χ0n) is 12.5. The molecule has 0 amide bonds. The van der Waals surface area contributed by atoms with Crippen LogP contribution in [0.15, 0.2) is 10.5 Å². The third kappa shape index (κ3) is 5.50. The fourth-order valence-corrected chi connectivity index (χ4v) is 1.86. The van der Waals surface area contributed by atoms with E-state index in [0.29, 0.717) is 23.5 Å². The molecule has 1 atom stereocenters. The minimum Gasteiger partial charge on any atom is -0.457 e. The van der Waals surface area contributed by atoms with Gasteiger partial charge in [-0.2, -0.15) is 0 Å². The van der Waals surface area contributed by atoms with Crippen LogP contribution in [-0.4, -0.2) is 34.7 Å². The number of esters is 1. The molecule has 0 spiro atoms. The molecule has 1 unspecified atom stereocenters. The van der Waals surface area contributed by atoms with E-state index in [1.165, 1.54) is 11.3 Å². The third-order valence-electron chi connectivity index (χ3n) is 2.21. The molecule has 0 bridgehead atoms. The number of aromatic nitrogens is 1. The van der Waals surface area contributed by atoms with E-state index in [1.807, 2.05) is 0 Å². The van der Waals surface area contributed by atoms with E-state index in [-0.39, 0.29) is 5.71 Å². The topological polar surface area (TPSA) is 104 Å². The Kier molecular flexibility index (Phi) is 5.83. The summed E-state index contributed by atoms with van der Waals surface area (Å²) in [6, 6.07) is 0. The Morgan fingerprint density at radius 3 is 2.67 bits per heavy atom. The van der Waals surface area contributed by atoms with E-state index >= 15 is 0 Å². The van der Waals surface area contributed by atoms with Crippen LogP contribution in [0.25, 0.3) is 0 Å². The molecule has 1 aromatic rings. The summed E-state index contributed by atoms with van der Waals surface area (Å²) in [5.74, 6) is -0.531. The molecule has 116 valence electrons. The summed E-state index contributed by atoms with van der Waals surface area (Å²) < 4.78 is 5.21. The highest BCUT2D eigenvalue weighted by Crippen LogP contribution is 2.14. The number of nitrogen functional groups attached to an aromatic ring is 1. The SMILES string of the molecule is CCC(O/N=C(\C=O)c1csc(N)n1)C(=O)OC(C)(C)C. The fraction of sp³-hybridized carbons (Fsp3) is 0.538. The lowest BCUT2D eigenvalue weighted by molar-refractivity contribution is -0.168. The minimum atomic E-state index is -0.879. The summed E-state index contributed by atoms with van der Waals surface area (Å²) in [4.78, 5) is 32.0. The van der Waals surface area contributed by atoms with Crippen LogP contribution in [0, 0.1) is 0 Å². The van der Waals surface area contributed by atoms with Gasteiger partial charge in [-0.15, -0.1) is 11.3 Å². The van der Waals surface area contributed by atoms with E-state index in [9.17, 15) is 9.59 Å². The van der Waals surface area contributed by atoms with Crippen LogP contribution in [0.4, 0.5) is 5.13 Å². The maximum atomic E-state index is 11.9. The molecule has 0 aliphatic rings. The van der Waals surface area contributed by atoms with Gasteiger partial charge < -0.3 is 15.3 Å². The quantitative estimate of drug-likeness (QED) is 0.371. The summed E-state index contributed by atoms with van der Waals surface area (Å²) in [7, 11) is 0. The lowest BCUT2D eigenvalue weighted by Crippen LogP contribution is -2.32. The molecule has 0 aliphatic heterocycles. The second kappa shape index (κ2) is 7.16. The van der Waals surface area contributed by atoms with Crippen molar-refractivity contribution in [1.82, 2.24) is 4.98 Å². The van der Waals surface area contributed by atoms with Crippen LogP contribution >= 0.6 is 11.3 Å². The van der Waals surface area contributed by atoms with Crippen molar-refractivity contribution in [2.45, 2.75) is 45.8 Å². The average molecular weight is 313 g/mol. The van der Waals surface area contributed by atoms with Crippen molar-refractivity contribution in [2.75, 3.05) is 5.73 Å². The number of rotatable bonds is 6. The van der Waals surface area contributed by atoms with Gasteiger partial charge in [-0.3, -0.25) is 4.79 Å². The van der Waals surface area contributed by atoms with E-state index in [2.05, 4.69) is 10.1 Å². The van der Waals surface area contributed by atoms with Crippen LogP contribution < -0.4 is 5.73 Å². The maximum absolute atomic E-state index is 11.9. The van der Waals surface area contributed by atoms with Crippen LogP contribution in [0.1, 0.15) is 39.8 Å². The van der Waals surface area contributed by atoms with E-state index in [0.717, 1.165) is 0 Å². The van der Waals surface area contributed by atoms with Gasteiger partial charge in [-0.25, -0.2) is 9.78 Å². The molecule has 1 aromatic heterocycles. The molecular weight excluding hydrogens is 294 g/mol. The first-order valence-corrected chi connectivity index (χ1v) is 7.28. The highest BCUT2D eigenvalue weighted by molar-refractivity contribution is 7.13. The van der Waals surface area contributed by atoms with Crippen molar-refractivity contribution in [3.63, 3.8) is 0 Å². The van der Waals surface area contributed by atoms with Gasteiger partial charge >= 0.3 is 5.97 Å². The summed E-state index contributed by atoms with van der Waals surface area (Å²) in [5.41, 5.74) is 5.16. The Bertz CT molecular complexity index is 534. The number of ether oxygens (including phenoxy) is 1. The first kappa shape index (κ1) is 17.1. The molecule has 0 saturated carbocycles. The van der Waals surface area contributed by atoms with Crippen molar-refractivity contribution < 1.29 is 19.2 Å². The van der Waals surface area contributed by atoms with Crippen molar-refractivity contribution in [2.24, 2.45) is 5.16 Å².